The maximum Gasteiger partial charge on any atom is 0.296 e. The molecule has 0 unspecified atom stereocenters. The van der Waals surface area contributed by atoms with E-state index in [1.54, 1.807) is 31.2 Å². The van der Waals surface area contributed by atoms with Gasteiger partial charge < -0.3 is 8.94 Å². The second-order valence-corrected chi connectivity index (χ2v) is 7.83. The highest BCUT2D eigenvalue weighted by Gasteiger charge is 2.45. The molecule has 2 aromatic heterocycles. The van der Waals surface area contributed by atoms with Crippen LogP contribution < -0.4 is 10.3 Å². The minimum atomic E-state index is -0.954. The Balaban J connectivity index is 1.83. The van der Waals surface area contributed by atoms with Gasteiger partial charge in [-0.1, -0.05) is 17.3 Å². The lowest BCUT2D eigenvalue weighted by atomic mass is 9.97. The van der Waals surface area contributed by atoms with E-state index in [2.05, 4.69) is 5.16 Å². The molecule has 1 amide bonds. The first-order valence-corrected chi connectivity index (χ1v) is 9.85. The number of non-ortho nitro benzene ring substituents is 1. The first-order valence-electron chi connectivity index (χ1n) is 9.85. The maximum absolute atomic E-state index is 13.6. The Labute approximate surface area is 181 Å². The van der Waals surface area contributed by atoms with Crippen LogP contribution in [0.25, 0.3) is 11.0 Å². The first kappa shape index (κ1) is 19.7. The largest absolute Gasteiger partial charge is 0.450 e. The summed E-state index contributed by atoms with van der Waals surface area (Å²) in [7, 11) is 0. The van der Waals surface area contributed by atoms with Crippen LogP contribution in [-0.4, -0.2) is 16.0 Å². The van der Waals surface area contributed by atoms with Gasteiger partial charge in [0.15, 0.2) is 11.2 Å². The lowest BCUT2D eigenvalue weighted by Crippen LogP contribution is -2.29. The summed E-state index contributed by atoms with van der Waals surface area (Å²) in [6.45, 7) is 5.45. The lowest BCUT2D eigenvalue weighted by Gasteiger charge is -2.22. The molecule has 0 aliphatic carbocycles. The van der Waals surface area contributed by atoms with Crippen molar-refractivity contribution in [2.75, 3.05) is 4.90 Å². The van der Waals surface area contributed by atoms with Crippen LogP contribution in [0.2, 0.25) is 0 Å². The molecular weight excluding hydrogens is 414 g/mol. The Morgan fingerprint density at radius 2 is 1.81 bits per heavy atom. The molecule has 0 spiro atoms. The highest BCUT2D eigenvalue weighted by Crippen LogP contribution is 2.41. The van der Waals surface area contributed by atoms with Gasteiger partial charge >= 0.3 is 0 Å². The number of aromatic nitrogens is 1. The Morgan fingerprint density at radius 1 is 1.06 bits per heavy atom. The van der Waals surface area contributed by atoms with E-state index in [0.29, 0.717) is 22.3 Å². The Morgan fingerprint density at radius 3 is 2.50 bits per heavy atom. The van der Waals surface area contributed by atoms with Crippen LogP contribution in [0.1, 0.15) is 44.6 Å². The van der Waals surface area contributed by atoms with E-state index in [4.69, 9.17) is 8.94 Å². The first-order chi connectivity index (χ1) is 15.3. The van der Waals surface area contributed by atoms with Gasteiger partial charge in [-0.25, -0.2) is 0 Å². The normalized spacial score (nSPS) is 15.4. The summed E-state index contributed by atoms with van der Waals surface area (Å²) < 4.78 is 11.1. The van der Waals surface area contributed by atoms with Gasteiger partial charge in [-0.3, -0.25) is 24.6 Å². The zero-order chi connectivity index (χ0) is 22.7. The summed E-state index contributed by atoms with van der Waals surface area (Å²) in [5.41, 5.74) is 2.12. The van der Waals surface area contributed by atoms with E-state index in [1.165, 1.54) is 23.1 Å². The molecule has 0 fully saturated rings. The molecule has 1 aliphatic heterocycles. The van der Waals surface area contributed by atoms with E-state index < -0.39 is 16.9 Å². The van der Waals surface area contributed by atoms with Crippen LogP contribution in [0.15, 0.2) is 56.2 Å². The van der Waals surface area contributed by atoms with Crippen LogP contribution in [0.5, 0.6) is 0 Å². The molecule has 2 aromatic carbocycles. The molecule has 3 heterocycles. The summed E-state index contributed by atoms with van der Waals surface area (Å²) in [5, 5.41) is 15.6. The SMILES string of the molecule is Cc1cc(N2C(=O)c3oc4cc(C)c(C)cc4c(=O)c3[C@H]2c2cccc([N+](=O)[O-])c2)no1. The fourth-order valence-electron chi connectivity index (χ4n) is 4.05. The van der Waals surface area contributed by atoms with Crippen molar-refractivity contribution in [3.63, 3.8) is 0 Å². The second-order valence-electron chi connectivity index (χ2n) is 7.83. The molecule has 0 radical (unpaired) electrons. The third-order valence-electron chi connectivity index (χ3n) is 5.75. The summed E-state index contributed by atoms with van der Waals surface area (Å²) in [6, 6.07) is 9.90. The van der Waals surface area contributed by atoms with E-state index in [1.807, 2.05) is 13.8 Å². The third kappa shape index (κ3) is 2.82. The van der Waals surface area contributed by atoms with Gasteiger partial charge in [-0.15, -0.1) is 0 Å². The number of carbonyl (C=O) groups is 1. The molecule has 0 saturated carbocycles. The molecule has 9 heteroatoms. The molecule has 5 rings (SSSR count). The summed E-state index contributed by atoms with van der Waals surface area (Å²) in [5.74, 6) is -0.0200. The van der Waals surface area contributed by atoms with E-state index in [9.17, 15) is 19.7 Å². The van der Waals surface area contributed by atoms with Gasteiger partial charge in [-0.2, -0.15) is 0 Å². The third-order valence-corrected chi connectivity index (χ3v) is 5.75. The zero-order valence-corrected chi connectivity index (χ0v) is 17.4. The van der Waals surface area contributed by atoms with Crippen molar-refractivity contribution in [2.45, 2.75) is 26.8 Å². The average molecular weight is 431 g/mol. The number of anilines is 1. The van der Waals surface area contributed by atoms with Crippen LogP contribution in [0, 0.1) is 30.9 Å². The number of hydrogen-bond donors (Lipinski definition) is 0. The zero-order valence-electron chi connectivity index (χ0n) is 17.4. The van der Waals surface area contributed by atoms with Gasteiger partial charge in [0.25, 0.3) is 11.6 Å². The van der Waals surface area contributed by atoms with Gasteiger partial charge in [0.2, 0.25) is 5.76 Å². The lowest BCUT2D eigenvalue weighted by molar-refractivity contribution is -0.384. The number of hydrogen-bond acceptors (Lipinski definition) is 7. The number of amides is 1. The minimum absolute atomic E-state index is 0.108. The predicted octanol–water partition coefficient (Wildman–Crippen LogP) is 4.36. The quantitative estimate of drug-likeness (QED) is 0.349. The molecule has 0 bridgehead atoms. The monoisotopic (exact) mass is 431 g/mol. The number of fused-ring (bicyclic) bond motifs is 2. The molecule has 9 nitrogen and oxygen atoms in total. The number of nitro benzene ring substituents is 1. The fourth-order valence-corrected chi connectivity index (χ4v) is 4.05. The number of nitro groups is 1. The summed E-state index contributed by atoms with van der Waals surface area (Å²) in [6.07, 6.45) is 0. The molecule has 1 aliphatic rings. The van der Waals surface area contributed by atoms with Gasteiger partial charge in [0, 0.05) is 18.2 Å². The van der Waals surface area contributed by atoms with Crippen molar-refractivity contribution in [1.29, 1.82) is 0 Å². The summed E-state index contributed by atoms with van der Waals surface area (Å²) >= 11 is 0. The minimum Gasteiger partial charge on any atom is -0.450 e. The van der Waals surface area contributed by atoms with Crippen molar-refractivity contribution < 1.29 is 18.7 Å². The number of carbonyl (C=O) groups excluding carboxylic acids is 1. The van der Waals surface area contributed by atoms with Gasteiger partial charge in [0.1, 0.15) is 11.3 Å². The predicted molar refractivity (Wildman–Crippen MR) is 115 cm³/mol. The smallest absolute Gasteiger partial charge is 0.296 e. The van der Waals surface area contributed by atoms with Crippen molar-refractivity contribution in [3.05, 3.63) is 96.6 Å². The molecule has 0 saturated heterocycles. The Kier molecular flexibility index (Phi) is 4.23. The molecule has 32 heavy (non-hydrogen) atoms. The van der Waals surface area contributed by atoms with E-state index >= 15 is 0 Å². The molecular formula is C23H17N3O6. The van der Waals surface area contributed by atoms with Gasteiger partial charge in [0.05, 0.1) is 21.9 Å². The topological polar surface area (TPSA) is 120 Å². The van der Waals surface area contributed by atoms with E-state index in [-0.39, 0.29) is 28.3 Å². The molecule has 4 aromatic rings. The van der Waals surface area contributed by atoms with Crippen LogP contribution in [0.4, 0.5) is 11.5 Å². The average Bonchev–Trinajstić information content (AvgIpc) is 3.31. The number of rotatable bonds is 3. The van der Waals surface area contributed by atoms with Crippen molar-refractivity contribution >= 4 is 28.4 Å². The Bertz CT molecular complexity index is 1500. The number of nitrogens with zero attached hydrogens (tertiary/aromatic N) is 3. The second kappa shape index (κ2) is 6.88. The van der Waals surface area contributed by atoms with Crippen LogP contribution in [0.3, 0.4) is 0 Å². The van der Waals surface area contributed by atoms with Crippen LogP contribution >= 0.6 is 0 Å². The summed E-state index contributed by atoms with van der Waals surface area (Å²) in [4.78, 5) is 39.1. The number of aryl methyl sites for hydroxylation is 3. The van der Waals surface area contributed by atoms with Gasteiger partial charge in [-0.05, 0) is 49.6 Å². The fraction of sp³-hybridized carbons (Fsp3) is 0.174. The highest BCUT2D eigenvalue weighted by atomic mass is 16.6. The molecule has 1 atom stereocenters. The van der Waals surface area contributed by atoms with Crippen molar-refractivity contribution in [2.24, 2.45) is 0 Å². The van der Waals surface area contributed by atoms with Crippen molar-refractivity contribution in [1.82, 2.24) is 5.16 Å². The van der Waals surface area contributed by atoms with Crippen molar-refractivity contribution in [3.8, 4) is 0 Å². The molecule has 0 N–H and O–H groups in total. The number of benzene rings is 2. The maximum atomic E-state index is 13.6. The molecule has 160 valence electrons. The highest BCUT2D eigenvalue weighted by molar-refractivity contribution is 6.10. The standard InChI is InChI=1S/C23H17N3O6/c1-11-7-16-17(8-12(11)2)31-22-19(21(16)27)20(14-5-4-6-15(10-14)26(29)30)25(23(22)28)18-9-13(3)32-24-18/h4-10,20H,1-3H3/t20-/m1/s1. The Hall–Kier alpha value is -4.27. The van der Waals surface area contributed by atoms with Crippen LogP contribution in [-0.2, 0) is 0 Å². The van der Waals surface area contributed by atoms with E-state index in [0.717, 1.165) is 11.1 Å².